The molecule has 0 aromatic heterocycles. The number of anilines is 1. The summed E-state index contributed by atoms with van der Waals surface area (Å²) in [6.45, 7) is 5.18. The smallest absolute Gasteiger partial charge is 0.338 e. The summed E-state index contributed by atoms with van der Waals surface area (Å²) in [4.78, 5) is 52.5. The number of Topliss-reactive ketones (excluding diaryl/α,β-unsaturated/α-hetero) is 1. The van der Waals surface area contributed by atoms with Gasteiger partial charge in [-0.15, -0.1) is 0 Å². The van der Waals surface area contributed by atoms with Gasteiger partial charge in [-0.3, -0.25) is 14.4 Å². The standard InChI is InChI=1S/C27H23NO6/c1-15-5-6-16(2)23(13-15)28-25(30)21-12-9-19(14-22(21)26(28)31)27(32)34-17(3)24(29)18-7-10-20(33-4)11-8-18/h5-14,17H,1-4H3. The molecule has 1 unspecified atom stereocenters. The lowest BCUT2D eigenvalue weighted by Crippen LogP contribution is -2.30. The fraction of sp³-hybridized carbons (Fsp3) is 0.185. The lowest BCUT2D eigenvalue weighted by molar-refractivity contribution is 0.0318. The maximum absolute atomic E-state index is 13.1. The van der Waals surface area contributed by atoms with Crippen LogP contribution >= 0.6 is 0 Å². The molecule has 3 aromatic carbocycles. The molecule has 4 rings (SSSR count). The first-order valence-electron chi connectivity index (χ1n) is 10.7. The SMILES string of the molecule is COc1ccc(C(=O)C(C)OC(=O)c2ccc3c(c2)C(=O)N(c2cc(C)ccc2C)C3=O)cc1. The second-order valence-corrected chi connectivity index (χ2v) is 8.14. The number of imide groups is 1. The normalized spacial score (nSPS) is 13.5. The Kier molecular flexibility index (Phi) is 6.03. The number of hydrogen-bond acceptors (Lipinski definition) is 6. The third kappa shape index (κ3) is 4.08. The molecule has 0 aliphatic carbocycles. The number of carbonyl (C=O) groups is 4. The number of carbonyl (C=O) groups excluding carboxylic acids is 4. The molecular weight excluding hydrogens is 434 g/mol. The number of esters is 1. The van der Waals surface area contributed by atoms with Crippen LogP contribution in [0.3, 0.4) is 0 Å². The summed E-state index contributed by atoms with van der Waals surface area (Å²) in [6, 6.07) is 16.2. The molecule has 0 saturated heterocycles. The summed E-state index contributed by atoms with van der Waals surface area (Å²) in [5.41, 5.74) is 2.99. The number of hydrogen-bond donors (Lipinski definition) is 0. The minimum atomic E-state index is -1.04. The lowest BCUT2D eigenvalue weighted by Gasteiger charge is -2.17. The lowest BCUT2D eigenvalue weighted by atomic mass is 10.1. The van der Waals surface area contributed by atoms with Crippen molar-refractivity contribution in [2.24, 2.45) is 0 Å². The summed E-state index contributed by atoms with van der Waals surface area (Å²) in [7, 11) is 1.53. The van der Waals surface area contributed by atoms with E-state index in [1.54, 1.807) is 30.3 Å². The zero-order chi connectivity index (χ0) is 24.6. The minimum absolute atomic E-state index is 0.0806. The van der Waals surface area contributed by atoms with Gasteiger partial charge in [0.25, 0.3) is 11.8 Å². The summed E-state index contributed by atoms with van der Waals surface area (Å²) in [5.74, 6) is -1.48. The third-order valence-electron chi connectivity index (χ3n) is 5.76. The van der Waals surface area contributed by atoms with Crippen molar-refractivity contribution in [2.45, 2.75) is 26.9 Å². The monoisotopic (exact) mass is 457 g/mol. The van der Waals surface area contributed by atoms with Gasteiger partial charge in [-0.1, -0.05) is 12.1 Å². The number of fused-ring (bicyclic) bond motifs is 1. The molecule has 0 N–H and O–H groups in total. The fourth-order valence-corrected chi connectivity index (χ4v) is 3.82. The van der Waals surface area contributed by atoms with Gasteiger partial charge in [-0.25, -0.2) is 9.69 Å². The second-order valence-electron chi connectivity index (χ2n) is 8.14. The molecule has 1 atom stereocenters. The molecular formula is C27H23NO6. The first-order valence-corrected chi connectivity index (χ1v) is 10.7. The van der Waals surface area contributed by atoms with Crippen LogP contribution in [0.4, 0.5) is 5.69 Å². The Hall–Kier alpha value is -4.26. The van der Waals surface area contributed by atoms with Gasteiger partial charge in [0.2, 0.25) is 5.78 Å². The van der Waals surface area contributed by atoms with Crippen LogP contribution in [0.1, 0.15) is 59.5 Å². The fourth-order valence-electron chi connectivity index (χ4n) is 3.82. The molecule has 2 amide bonds. The molecule has 7 nitrogen and oxygen atoms in total. The zero-order valence-corrected chi connectivity index (χ0v) is 19.2. The summed E-state index contributed by atoms with van der Waals surface area (Å²) >= 11 is 0. The van der Waals surface area contributed by atoms with Crippen LogP contribution in [-0.4, -0.2) is 36.8 Å². The van der Waals surface area contributed by atoms with Crippen molar-refractivity contribution in [1.29, 1.82) is 0 Å². The van der Waals surface area contributed by atoms with E-state index in [0.29, 0.717) is 17.0 Å². The Labute approximate surface area is 196 Å². The number of ketones is 1. The van der Waals surface area contributed by atoms with Crippen molar-refractivity contribution < 1.29 is 28.7 Å². The van der Waals surface area contributed by atoms with Crippen LogP contribution in [0.5, 0.6) is 5.75 Å². The summed E-state index contributed by atoms with van der Waals surface area (Å²) in [5, 5.41) is 0. The number of ether oxygens (including phenoxy) is 2. The van der Waals surface area contributed by atoms with Crippen molar-refractivity contribution in [3.8, 4) is 5.75 Å². The Balaban J connectivity index is 1.54. The van der Waals surface area contributed by atoms with Crippen LogP contribution in [0, 0.1) is 13.8 Å². The van der Waals surface area contributed by atoms with Gasteiger partial charge in [0.15, 0.2) is 6.10 Å². The van der Waals surface area contributed by atoms with Crippen LogP contribution in [0.2, 0.25) is 0 Å². The van der Waals surface area contributed by atoms with Crippen molar-refractivity contribution in [3.05, 3.63) is 94.0 Å². The highest BCUT2D eigenvalue weighted by Gasteiger charge is 2.38. The van der Waals surface area contributed by atoms with E-state index in [2.05, 4.69) is 0 Å². The van der Waals surface area contributed by atoms with Crippen LogP contribution in [-0.2, 0) is 4.74 Å². The van der Waals surface area contributed by atoms with E-state index >= 15 is 0 Å². The van der Waals surface area contributed by atoms with Gasteiger partial charge in [0.1, 0.15) is 5.75 Å². The Morgan fingerprint density at radius 3 is 2.15 bits per heavy atom. The van der Waals surface area contributed by atoms with Gasteiger partial charge in [0.05, 0.1) is 29.5 Å². The molecule has 34 heavy (non-hydrogen) atoms. The molecule has 1 heterocycles. The molecule has 172 valence electrons. The Morgan fingerprint density at radius 1 is 0.824 bits per heavy atom. The first kappa shape index (κ1) is 22.9. The van der Waals surface area contributed by atoms with E-state index in [1.807, 2.05) is 26.0 Å². The van der Waals surface area contributed by atoms with E-state index in [-0.39, 0.29) is 22.5 Å². The maximum Gasteiger partial charge on any atom is 0.338 e. The van der Waals surface area contributed by atoms with Gasteiger partial charge in [0, 0.05) is 5.56 Å². The Morgan fingerprint density at radius 2 is 1.47 bits per heavy atom. The molecule has 0 spiro atoms. The quantitative estimate of drug-likeness (QED) is 0.307. The molecule has 1 aliphatic heterocycles. The predicted molar refractivity (Wildman–Crippen MR) is 126 cm³/mol. The number of benzene rings is 3. The molecule has 1 aliphatic rings. The van der Waals surface area contributed by atoms with E-state index in [9.17, 15) is 19.2 Å². The van der Waals surface area contributed by atoms with Crippen molar-refractivity contribution in [3.63, 3.8) is 0 Å². The van der Waals surface area contributed by atoms with Crippen LogP contribution in [0.15, 0.2) is 60.7 Å². The van der Waals surface area contributed by atoms with Gasteiger partial charge < -0.3 is 9.47 Å². The average molecular weight is 457 g/mol. The first-order chi connectivity index (χ1) is 16.2. The third-order valence-corrected chi connectivity index (χ3v) is 5.76. The Bertz CT molecular complexity index is 1330. The second kappa shape index (κ2) is 8.94. The summed E-state index contributed by atoms with van der Waals surface area (Å²) in [6.07, 6.45) is -1.04. The predicted octanol–water partition coefficient (Wildman–Crippen LogP) is 4.54. The molecule has 0 radical (unpaired) electrons. The molecule has 0 saturated carbocycles. The van der Waals surface area contributed by atoms with Crippen LogP contribution < -0.4 is 9.64 Å². The highest BCUT2D eigenvalue weighted by molar-refractivity contribution is 6.35. The maximum atomic E-state index is 13.1. The molecule has 3 aromatic rings. The zero-order valence-electron chi connectivity index (χ0n) is 19.2. The highest BCUT2D eigenvalue weighted by Crippen LogP contribution is 2.32. The number of methoxy groups -OCH3 is 1. The van der Waals surface area contributed by atoms with Gasteiger partial charge in [-0.05, 0) is 80.4 Å². The molecule has 0 bridgehead atoms. The molecule has 7 heteroatoms. The van der Waals surface area contributed by atoms with Crippen molar-refractivity contribution in [1.82, 2.24) is 0 Å². The van der Waals surface area contributed by atoms with E-state index in [1.165, 1.54) is 32.2 Å². The van der Waals surface area contributed by atoms with Gasteiger partial charge in [-0.2, -0.15) is 0 Å². The molecule has 0 fully saturated rings. The van der Waals surface area contributed by atoms with E-state index in [4.69, 9.17) is 9.47 Å². The number of aryl methyl sites for hydroxylation is 2. The van der Waals surface area contributed by atoms with Gasteiger partial charge >= 0.3 is 5.97 Å². The largest absolute Gasteiger partial charge is 0.497 e. The summed E-state index contributed by atoms with van der Waals surface area (Å²) < 4.78 is 10.4. The number of amides is 2. The van der Waals surface area contributed by atoms with E-state index in [0.717, 1.165) is 16.0 Å². The van der Waals surface area contributed by atoms with E-state index < -0.39 is 23.9 Å². The van der Waals surface area contributed by atoms with Crippen molar-refractivity contribution in [2.75, 3.05) is 12.0 Å². The highest BCUT2D eigenvalue weighted by atomic mass is 16.5. The number of rotatable bonds is 6. The average Bonchev–Trinajstić information content (AvgIpc) is 3.09. The number of nitrogens with zero attached hydrogens (tertiary/aromatic N) is 1. The van der Waals surface area contributed by atoms with Crippen molar-refractivity contribution >= 4 is 29.3 Å². The van der Waals surface area contributed by atoms with Crippen LogP contribution in [0.25, 0.3) is 0 Å². The topological polar surface area (TPSA) is 90.0 Å². The minimum Gasteiger partial charge on any atom is -0.497 e.